The quantitative estimate of drug-likeness (QED) is 0.906. The molecule has 1 N–H and O–H groups in total. The van der Waals surface area contributed by atoms with Crippen LogP contribution in [-0.4, -0.2) is 12.2 Å². The van der Waals surface area contributed by atoms with Crippen molar-refractivity contribution in [1.82, 2.24) is 0 Å². The van der Waals surface area contributed by atoms with Crippen molar-refractivity contribution in [2.45, 2.75) is 25.6 Å². The second-order valence-electron chi connectivity index (χ2n) is 5.74. The van der Waals surface area contributed by atoms with Gasteiger partial charge in [-0.3, -0.25) is 4.79 Å². The van der Waals surface area contributed by atoms with Crippen molar-refractivity contribution >= 4 is 11.6 Å². The smallest absolute Gasteiger partial charge is 0.395 e. The van der Waals surface area contributed by atoms with Gasteiger partial charge >= 0.3 is 6.29 Å². The number of hydrogen-bond donors (Lipinski definition) is 1. The summed E-state index contributed by atoms with van der Waals surface area (Å²) in [4.78, 5) is 12.1. The van der Waals surface area contributed by atoms with Crippen molar-refractivity contribution in [3.05, 3.63) is 18.2 Å². The second kappa shape index (κ2) is 3.84. The van der Waals surface area contributed by atoms with Crippen LogP contribution in [0.3, 0.4) is 0 Å². The Morgan fingerprint density at radius 2 is 1.85 bits per heavy atom. The monoisotopic (exact) mass is 281 g/mol. The lowest BCUT2D eigenvalue weighted by Crippen LogP contribution is -2.25. The molecule has 0 saturated heterocycles. The number of rotatable bonds is 2. The summed E-state index contributed by atoms with van der Waals surface area (Å²) in [6.07, 6.45) is -0.487. The Balaban J connectivity index is 1.46. The van der Waals surface area contributed by atoms with Crippen LogP contribution in [0.1, 0.15) is 19.3 Å². The molecule has 1 aromatic rings. The Labute approximate surface area is 114 Å². The van der Waals surface area contributed by atoms with Crippen molar-refractivity contribution in [3.8, 4) is 11.5 Å². The first-order valence-corrected chi connectivity index (χ1v) is 6.71. The van der Waals surface area contributed by atoms with Crippen LogP contribution in [0.4, 0.5) is 14.5 Å². The Bertz CT molecular complexity index is 580. The summed E-state index contributed by atoms with van der Waals surface area (Å²) >= 11 is 0. The Morgan fingerprint density at radius 1 is 1.15 bits per heavy atom. The predicted octanol–water partition coefficient (Wildman–Crippen LogP) is 2.99. The van der Waals surface area contributed by atoms with Crippen LogP contribution in [0.15, 0.2) is 18.2 Å². The minimum Gasteiger partial charge on any atom is -0.395 e. The maximum atomic E-state index is 12.9. The van der Waals surface area contributed by atoms with Gasteiger partial charge < -0.3 is 14.8 Å². The molecule has 1 heterocycles. The molecule has 4 nitrogen and oxygen atoms in total. The van der Waals surface area contributed by atoms with E-state index in [9.17, 15) is 13.6 Å². The van der Waals surface area contributed by atoms with Gasteiger partial charge in [0, 0.05) is 17.7 Å². The summed E-state index contributed by atoms with van der Waals surface area (Å²) in [5, 5.41) is 2.76. The van der Waals surface area contributed by atoms with Crippen LogP contribution in [0.5, 0.6) is 11.5 Å². The van der Waals surface area contributed by atoms with Gasteiger partial charge in [0.05, 0.1) is 0 Å². The number of benzene rings is 1. The topological polar surface area (TPSA) is 47.6 Å². The van der Waals surface area contributed by atoms with Crippen molar-refractivity contribution in [2.24, 2.45) is 17.8 Å². The molecule has 1 aliphatic heterocycles. The zero-order chi connectivity index (χ0) is 13.9. The maximum Gasteiger partial charge on any atom is 0.586 e. The van der Waals surface area contributed by atoms with Crippen LogP contribution >= 0.6 is 0 Å². The average Bonchev–Trinajstić information content (AvgIpc) is 2.85. The van der Waals surface area contributed by atoms with Crippen molar-refractivity contribution in [1.29, 1.82) is 0 Å². The van der Waals surface area contributed by atoms with Gasteiger partial charge in [-0.25, -0.2) is 0 Å². The highest BCUT2D eigenvalue weighted by molar-refractivity contribution is 5.93. The lowest BCUT2D eigenvalue weighted by Gasteiger charge is -2.12. The highest BCUT2D eigenvalue weighted by Crippen LogP contribution is 2.54. The number of nitrogens with one attached hydrogen (secondary N) is 1. The molecule has 0 aromatic heterocycles. The number of amides is 1. The first-order chi connectivity index (χ1) is 9.50. The number of halogens is 2. The maximum absolute atomic E-state index is 12.9. The van der Waals surface area contributed by atoms with Gasteiger partial charge in [-0.15, -0.1) is 8.78 Å². The highest BCUT2D eigenvalue weighted by Gasteiger charge is 2.48. The average molecular weight is 281 g/mol. The summed E-state index contributed by atoms with van der Waals surface area (Å²) in [5.41, 5.74) is 0.454. The van der Waals surface area contributed by atoms with Crippen molar-refractivity contribution in [2.75, 3.05) is 5.32 Å². The van der Waals surface area contributed by atoms with E-state index in [1.165, 1.54) is 24.6 Å². The molecule has 3 aliphatic rings. The molecule has 2 atom stereocenters. The molecule has 6 heteroatoms. The zero-order valence-electron chi connectivity index (χ0n) is 10.6. The number of carbonyl (C=O) groups is 1. The first kappa shape index (κ1) is 11.9. The lowest BCUT2D eigenvalue weighted by molar-refractivity contribution is -0.286. The van der Waals surface area contributed by atoms with Gasteiger partial charge in [-0.05, 0) is 43.2 Å². The fourth-order valence-corrected chi connectivity index (χ4v) is 3.20. The van der Waals surface area contributed by atoms with E-state index in [1.54, 1.807) is 0 Å². The van der Waals surface area contributed by atoms with Gasteiger partial charge in [0.2, 0.25) is 5.91 Å². The van der Waals surface area contributed by atoms with E-state index in [2.05, 4.69) is 14.8 Å². The standard InChI is InChI=1S/C14H13F2NO3/c15-14(16)19-11-2-1-10(6-12(11)20-14)17-13(18)9-4-7-3-8(7)5-9/h1-2,6-9H,3-5H2,(H,17,18). The summed E-state index contributed by atoms with van der Waals surface area (Å²) in [5.74, 6) is 1.38. The van der Waals surface area contributed by atoms with E-state index in [0.29, 0.717) is 5.69 Å². The SMILES string of the molecule is O=C(Nc1ccc2c(c1)OC(F)(F)O2)C1CC2CC2C1. The third-order valence-corrected chi connectivity index (χ3v) is 4.28. The molecular formula is C14H13F2NO3. The third-order valence-electron chi connectivity index (χ3n) is 4.28. The Kier molecular flexibility index (Phi) is 2.29. The predicted molar refractivity (Wildman–Crippen MR) is 65.6 cm³/mol. The molecule has 2 aliphatic carbocycles. The van der Waals surface area contributed by atoms with E-state index < -0.39 is 6.29 Å². The molecule has 0 bridgehead atoms. The summed E-state index contributed by atoms with van der Waals surface area (Å²) < 4.78 is 34.5. The molecule has 2 unspecified atom stereocenters. The third kappa shape index (κ3) is 1.99. The number of anilines is 1. The van der Waals surface area contributed by atoms with Crippen molar-refractivity contribution in [3.63, 3.8) is 0 Å². The van der Waals surface area contributed by atoms with E-state index in [1.807, 2.05) is 0 Å². The fourth-order valence-electron chi connectivity index (χ4n) is 3.20. The largest absolute Gasteiger partial charge is 0.586 e. The molecule has 2 saturated carbocycles. The zero-order valence-corrected chi connectivity index (χ0v) is 10.6. The van der Waals surface area contributed by atoms with Gasteiger partial charge in [0.1, 0.15) is 0 Å². The van der Waals surface area contributed by atoms with E-state index in [4.69, 9.17) is 0 Å². The highest BCUT2D eigenvalue weighted by atomic mass is 19.3. The van der Waals surface area contributed by atoms with Gasteiger partial charge in [-0.1, -0.05) is 0 Å². The number of ether oxygens (including phenoxy) is 2. The van der Waals surface area contributed by atoms with E-state index in [0.717, 1.165) is 24.7 Å². The number of carbonyl (C=O) groups excluding carboxylic acids is 1. The normalized spacial score (nSPS) is 31.8. The fraction of sp³-hybridized carbons (Fsp3) is 0.500. The molecule has 0 radical (unpaired) electrons. The lowest BCUT2D eigenvalue weighted by atomic mass is 10.0. The molecular weight excluding hydrogens is 268 g/mol. The molecule has 20 heavy (non-hydrogen) atoms. The van der Waals surface area contributed by atoms with E-state index >= 15 is 0 Å². The summed E-state index contributed by atoms with van der Waals surface area (Å²) in [7, 11) is 0. The molecule has 2 fully saturated rings. The van der Waals surface area contributed by atoms with Gasteiger partial charge in [0.15, 0.2) is 11.5 Å². The number of alkyl halides is 2. The molecule has 106 valence electrons. The minimum absolute atomic E-state index is 0.0184. The summed E-state index contributed by atoms with van der Waals surface area (Å²) in [6, 6.07) is 4.28. The second-order valence-corrected chi connectivity index (χ2v) is 5.74. The van der Waals surface area contributed by atoms with Crippen molar-refractivity contribution < 1.29 is 23.0 Å². The van der Waals surface area contributed by atoms with E-state index in [-0.39, 0.29) is 23.3 Å². The summed E-state index contributed by atoms with van der Waals surface area (Å²) in [6.45, 7) is 0. The first-order valence-electron chi connectivity index (χ1n) is 6.71. The molecule has 0 spiro atoms. The van der Waals surface area contributed by atoms with Crippen LogP contribution in [0, 0.1) is 17.8 Å². The molecule has 1 aromatic carbocycles. The van der Waals surface area contributed by atoms with Crippen LogP contribution < -0.4 is 14.8 Å². The minimum atomic E-state index is -3.63. The van der Waals surface area contributed by atoms with Crippen LogP contribution in [-0.2, 0) is 4.79 Å². The Morgan fingerprint density at radius 3 is 2.60 bits per heavy atom. The number of fused-ring (bicyclic) bond motifs is 2. The Hall–Kier alpha value is -1.85. The number of hydrogen-bond acceptors (Lipinski definition) is 3. The van der Waals surface area contributed by atoms with Crippen LogP contribution in [0.2, 0.25) is 0 Å². The van der Waals surface area contributed by atoms with Gasteiger partial charge in [0.25, 0.3) is 0 Å². The van der Waals surface area contributed by atoms with Gasteiger partial charge in [-0.2, -0.15) is 0 Å². The van der Waals surface area contributed by atoms with Crippen LogP contribution in [0.25, 0.3) is 0 Å². The molecule has 1 amide bonds. The molecule has 4 rings (SSSR count).